The fourth-order valence-electron chi connectivity index (χ4n) is 2.00. The molecule has 0 N–H and O–H groups in total. The molecule has 0 amide bonds. The maximum atomic E-state index is 10.4. The first-order valence-electron chi connectivity index (χ1n) is 7.34. The highest BCUT2D eigenvalue weighted by Gasteiger charge is 2.12. The SMILES string of the molecule is CC1=CC([O-])=NS(=O)(=O)O1.CCCCCCN1C=CN(C)C1. The highest BCUT2D eigenvalue weighted by atomic mass is 32.2. The van der Waals surface area contributed by atoms with Crippen molar-refractivity contribution in [1.29, 1.82) is 0 Å². The Balaban J connectivity index is 0.000000224. The summed E-state index contributed by atoms with van der Waals surface area (Å²) in [4.78, 5) is 4.58. The Morgan fingerprint density at radius 1 is 1.32 bits per heavy atom. The van der Waals surface area contributed by atoms with Crippen molar-refractivity contribution in [3.8, 4) is 0 Å². The Morgan fingerprint density at radius 3 is 2.55 bits per heavy atom. The summed E-state index contributed by atoms with van der Waals surface area (Å²) in [5.41, 5.74) is 0. The van der Waals surface area contributed by atoms with E-state index in [1.165, 1.54) is 39.2 Å². The maximum absolute atomic E-state index is 10.4. The molecule has 0 fully saturated rings. The van der Waals surface area contributed by atoms with Crippen LogP contribution in [0.15, 0.2) is 28.6 Å². The molecule has 0 atom stereocenters. The molecule has 0 aromatic rings. The van der Waals surface area contributed by atoms with Gasteiger partial charge in [0.05, 0.1) is 6.67 Å². The molecule has 0 bridgehead atoms. The third kappa shape index (κ3) is 7.35. The Bertz CT molecular complexity index is 540. The number of hydrogen-bond acceptors (Lipinski definition) is 6. The summed E-state index contributed by atoms with van der Waals surface area (Å²) in [7, 11) is -1.86. The monoisotopic (exact) mass is 330 g/mol. The lowest BCUT2D eigenvalue weighted by molar-refractivity contribution is -0.211. The van der Waals surface area contributed by atoms with Gasteiger partial charge in [0.15, 0.2) is 0 Å². The zero-order chi connectivity index (χ0) is 16.6. The first kappa shape index (κ1) is 18.3. The summed E-state index contributed by atoms with van der Waals surface area (Å²) in [5, 5.41) is 10.4. The number of nitrogens with zero attached hydrogens (tertiary/aromatic N) is 3. The van der Waals surface area contributed by atoms with Crippen LogP contribution >= 0.6 is 0 Å². The molecule has 7 nitrogen and oxygen atoms in total. The lowest BCUT2D eigenvalue weighted by Gasteiger charge is -2.17. The van der Waals surface area contributed by atoms with E-state index >= 15 is 0 Å². The van der Waals surface area contributed by atoms with Crippen LogP contribution in [0.1, 0.15) is 39.5 Å². The van der Waals surface area contributed by atoms with E-state index in [-0.39, 0.29) is 5.76 Å². The number of rotatable bonds is 5. The van der Waals surface area contributed by atoms with Crippen LogP contribution in [0.5, 0.6) is 0 Å². The topological polar surface area (TPSA) is 85.3 Å². The molecule has 0 saturated carbocycles. The van der Waals surface area contributed by atoms with E-state index in [2.05, 4.69) is 44.8 Å². The number of hydrogen-bond donors (Lipinski definition) is 0. The van der Waals surface area contributed by atoms with E-state index in [0.717, 1.165) is 12.7 Å². The van der Waals surface area contributed by atoms with Crippen molar-refractivity contribution in [2.75, 3.05) is 20.3 Å². The van der Waals surface area contributed by atoms with Gasteiger partial charge < -0.3 is 19.1 Å². The smallest absolute Gasteiger partial charge is 0.427 e. The van der Waals surface area contributed by atoms with Gasteiger partial charge in [0.25, 0.3) is 0 Å². The lowest BCUT2D eigenvalue weighted by Crippen LogP contribution is -2.23. The van der Waals surface area contributed by atoms with Crippen LogP contribution in [0.4, 0.5) is 0 Å². The second kappa shape index (κ2) is 8.67. The van der Waals surface area contributed by atoms with E-state index in [9.17, 15) is 13.5 Å². The number of allylic oxidation sites excluding steroid dienone is 1. The molecule has 22 heavy (non-hydrogen) atoms. The summed E-state index contributed by atoms with van der Waals surface area (Å²) < 4.78 is 27.7. The van der Waals surface area contributed by atoms with Crippen molar-refractivity contribution in [2.24, 2.45) is 4.40 Å². The number of unbranched alkanes of at least 4 members (excludes halogenated alkanes) is 3. The normalized spacial score (nSPS) is 19.0. The van der Waals surface area contributed by atoms with E-state index in [1.807, 2.05) is 0 Å². The van der Waals surface area contributed by atoms with Gasteiger partial charge in [-0.05, 0) is 19.4 Å². The van der Waals surface area contributed by atoms with Crippen LogP contribution < -0.4 is 5.11 Å². The molecular formula is C14H24N3O4S-. The maximum Gasteiger partial charge on any atom is 0.427 e. The first-order valence-corrected chi connectivity index (χ1v) is 8.71. The van der Waals surface area contributed by atoms with E-state index in [0.29, 0.717) is 0 Å². The molecule has 2 rings (SSSR count). The molecule has 0 aliphatic carbocycles. The van der Waals surface area contributed by atoms with Gasteiger partial charge in [-0.15, -0.1) is 4.40 Å². The molecule has 2 aliphatic heterocycles. The molecule has 0 spiro atoms. The van der Waals surface area contributed by atoms with E-state index < -0.39 is 16.2 Å². The highest BCUT2D eigenvalue weighted by Crippen LogP contribution is 2.09. The molecule has 126 valence electrons. The first-order chi connectivity index (χ1) is 10.3. The molecule has 2 aliphatic rings. The summed E-state index contributed by atoms with van der Waals surface area (Å²) in [6, 6.07) is 0. The molecule has 0 aromatic carbocycles. The van der Waals surface area contributed by atoms with Crippen molar-refractivity contribution in [3.05, 3.63) is 24.2 Å². The van der Waals surface area contributed by atoms with E-state index in [1.54, 1.807) is 0 Å². The molecule has 0 aromatic heterocycles. The van der Waals surface area contributed by atoms with Crippen LogP contribution in [0, 0.1) is 0 Å². The van der Waals surface area contributed by atoms with Crippen LogP contribution in [0.2, 0.25) is 0 Å². The quantitative estimate of drug-likeness (QED) is 0.703. The Labute approximate surface area is 132 Å². The van der Waals surface area contributed by atoms with Crippen LogP contribution in [-0.2, 0) is 14.5 Å². The third-order valence-electron chi connectivity index (χ3n) is 3.00. The predicted octanol–water partition coefficient (Wildman–Crippen LogP) is 1.17. The fraction of sp³-hybridized carbons (Fsp3) is 0.643. The zero-order valence-electron chi connectivity index (χ0n) is 13.4. The molecule has 8 heteroatoms. The Hall–Kier alpha value is -1.70. The van der Waals surface area contributed by atoms with Gasteiger partial charge in [0.1, 0.15) is 5.76 Å². The lowest BCUT2D eigenvalue weighted by atomic mass is 10.2. The van der Waals surface area contributed by atoms with E-state index in [4.69, 9.17) is 0 Å². The molecule has 0 radical (unpaired) electrons. The highest BCUT2D eigenvalue weighted by molar-refractivity contribution is 7.85. The molecular weight excluding hydrogens is 306 g/mol. The van der Waals surface area contributed by atoms with Gasteiger partial charge >= 0.3 is 10.3 Å². The largest absolute Gasteiger partial charge is 0.858 e. The molecule has 2 heterocycles. The standard InChI is InChI=1S/C10H20N2.C4H5NO4S/c1-3-4-5-6-7-12-9-8-11(2)10-12;1-3-2-4(6)5-10(7,8)9-3/h8-9H,3-7,10H2,1-2H3;2H,1H3,(H,5,6)/p-1. The average Bonchev–Trinajstić information content (AvgIpc) is 2.78. The Kier molecular flexibility index (Phi) is 7.23. The second-order valence-corrected chi connectivity index (χ2v) is 6.47. The summed E-state index contributed by atoms with van der Waals surface area (Å²) in [6.07, 6.45) is 10.8. The molecule has 0 unspecified atom stereocenters. The van der Waals surface area contributed by atoms with Crippen molar-refractivity contribution in [3.63, 3.8) is 0 Å². The van der Waals surface area contributed by atoms with Gasteiger partial charge in [0.2, 0.25) is 0 Å². The fourth-order valence-corrected chi connectivity index (χ4v) is 2.69. The summed E-state index contributed by atoms with van der Waals surface area (Å²) >= 11 is 0. The predicted molar refractivity (Wildman–Crippen MR) is 83.8 cm³/mol. The van der Waals surface area contributed by atoms with Gasteiger partial charge in [-0.2, -0.15) is 8.42 Å². The van der Waals surface area contributed by atoms with Crippen LogP contribution in [0.3, 0.4) is 0 Å². The third-order valence-corrected chi connectivity index (χ3v) is 3.88. The van der Waals surface area contributed by atoms with Gasteiger partial charge in [-0.25, -0.2) is 0 Å². The van der Waals surface area contributed by atoms with Crippen LogP contribution in [0.25, 0.3) is 0 Å². The van der Waals surface area contributed by atoms with Gasteiger partial charge in [-0.1, -0.05) is 26.2 Å². The summed E-state index contributed by atoms with van der Waals surface area (Å²) in [6.45, 7) is 5.92. The van der Waals surface area contributed by atoms with Crippen molar-refractivity contribution < 1.29 is 17.7 Å². The minimum atomic E-state index is -3.97. The molecule has 0 saturated heterocycles. The summed E-state index contributed by atoms with van der Waals surface area (Å²) in [5.74, 6) is -0.760. The van der Waals surface area contributed by atoms with Gasteiger partial charge in [0, 0.05) is 31.9 Å². The average molecular weight is 330 g/mol. The minimum absolute atomic E-state index is 0.0417. The van der Waals surface area contributed by atoms with Crippen LogP contribution in [-0.4, -0.2) is 44.4 Å². The zero-order valence-corrected chi connectivity index (χ0v) is 14.2. The second-order valence-electron chi connectivity index (χ2n) is 5.27. The minimum Gasteiger partial charge on any atom is -0.858 e. The Morgan fingerprint density at radius 2 is 2.05 bits per heavy atom. The van der Waals surface area contributed by atoms with Gasteiger partial charge in [-0.3, -0.25) is 0 Å². The van der Waals surface area contributed by atoms with Crippen molar-refractivity contribution >= 4 is 16.2 Å². The van der Waals surface area contributed by atoms with Crippen molar-refractivity contribution in [1.82, 2.24) is 9.80 Å². The van der Waals surface area contributed by atoms with Crippen molar-refractivity contribution in [2.45, 2.75) is 39.5 Å².